The molecule has 2 aromatic rings. The number of nitrogens with one attached hydrogen (secondary N) is 1. The molecular weight excluding hydrogens is 244 g/mol. The van der Waals surface area contributed by atoms with Gasteiger partial charge in [0.05, 0.1) is 16.3 Å². The lowest BCUT2D eigenvalue weighted by Crippen LogP contribution is -2.07. The van der Waals surface area contributed by atoms with Crippen LogP contribution in [0.25, 0.3) is 0 Å². The fourth-order valence-corrected chi connectivity index (χ4v) is 1.71. The number of pyridine rings is 1. The molecule has 0 saturated carbocycles. The fourth-order valence-electron chi connectivity index (χ4n) is 1.71. The summed E-state index contributed by atoms with van der Waals surface area (Å²) < 4.78 is 0. The molecule has 0 unspecified atom stereocenters. The fraction of sp³-hybridized carbons (Fsp3) is 0.154. The average Bonchev–Trinajstić information content (AvgIpc) is 2.41. The molecular formula is C13H14N4O2. The minimum Gasteiger partial charge on any atom is -0.397 e. The highest BCUT2D eigenvalue weighted by Gasteiger charge is 2.08. The standard InChI is InChI=1S/C13H14N4O2/c14-12-8-11(17(18)19)3-4-13(12)16-7-5-10-2-1-6-15-9-10/h1-4,6,8-9,16H,5,7,14H2. The highest BCUT2D eigenvalue weighted by Crippen LogP contribution is 2.23. The number of non-ortho nitro benzene ring substituents is 1. The monoisotopic (exact) mass is 258 g/mol. The van der Waals surface area contributed by atoms with E-state index in [-0.39, 0.29) is 5.69 Å². The Hall–Kier alpha value is -2.63. The normalized spacial score (nSPS) is 10.1. The first-order valence-corrected chi connectivity index (χ1v) is 5.83. The van der Waals surface area contributed by atoms with Crippen LogP contribution in [0.2, 0.25) is 0 Å². The maximum atomic E-state index is 10.6. The topological polar surface area (TPSA) is 94.1 Å². The highest BCUT2D eigenvalue weighted by atomic mass is 16.6. The Bertz CT molecular complexity index is 572. The van der Waals surface area contributed by atoms with Crippen molar-refractivity contribution in [3.05, 3.63) is 58.4 Å². The van der Waals surface area contributed by atoms with Crippen molar-refractivity contribution in [1.29, 1.82) is 0 Å². The van der Waals surface area contributed by atoms with Gasteiger partial charge in [0.15, 0.2) is 0 Å². The van der Waals surface area contributed by atoms with Crippen LogP contribution in [-0.4, -0.2) is 16.5 Å². The smallest absolute Gasteiger partial charge is 0.271 e. The van der Waals surface area contributed by atoms with E-state index in [2.05, 4.69) is 10.3 Å². The minimum atomic E-state index is -0.463. The lowest BCUT2D eigenvalue weighted by atomic mass is 10.2. The maximum absolute atomic E-state index is 10.6. The Labute approximate surface area is 110 Å². The summed E-state index contributed by atoms with van der Waals surface area (Å²) in [6, 6.07) is 8.29. The first kappa shape index (κ1) is 12.8. The van der Waals surface area contributed by atoms with Crippen LogP contribution in [0.1, 0.15) is 5.56 Å². The lowest BCUT2D eigenvalue weighted by Gasteiger charge is -2.08. The summed E-state index contributed by atoms with van der Waals surface area (Å²) in [6.45, 7) is 0.688. The number of hydrogen-bond acceptors (Lipinski definition) is 5. The molecule has 2 rings (SSSR count). The molecule has 0 aliphatic carbocycles. The van der Waals surface area contributed by atoms with Crippen LogP contribution in [0, 0.1) is 10.1 Å². The van der Waals surface area contributed by atoms with Gasteiger partial charge in [-0.2, -0.15) is 0 Å². The molecule has 0 radical (unpaired) electrons. The van der Waals surface area contributed by atoms with Gasteiger partial charge in [0, 0.05) is 31.1 Å². The third-order valence-electron chi connectivity index (χ3n) is 2.70. The molecule has 3 N–H and O–H groups in total. The Morgan fingerprint density at radius 1 is 1.37 bits per heavy atom. The van der Waals surface area contributed by atoms with Gasteiger partial charge in [-0.1, -0.05) is 6.07 Å². The van der Waals surface area contributed by atoms with E-state index in [1.807, 2.05) is 12.1 Å². The Morgan fingerprint density at radius 3 is 2.84 bits per heavy atom. The van der Waals surface area contributed by atoms with E-state index in [0.29, 0.717) is 17.9 Å². The molecule has 0 bridgehead atoms. The zero-order valence-electron chi connectivity index (χ0n) is 10.2. The Balaban J connectivity index is 1.95. The Kier molecular flexibility index (Phi) is 3.92. The van der Waals surface area contributed by atoms with Gasteiger partial charge in [-0.15, -0.1) is 0 Å². The summed E-state index contributed by atoms with van der Waals surface area (Å²) in [7, 11) is 0. The molecule has 0 atom stereocenters. The molecule has 1 heterocycles. The number of nitrogens with two attached hydrogens (primary N) is 1. The van der Waals surface area contributed by atoms with Gasteiger partial charge in [-0.3, -0.25) is 15.1 Å². The van der Waals surface area contributed by atoms with Crippen LogP contribution in [0.5, 0.6) is 0 Å². The van der Waals surface area contributed by atoms with Crippen LogP contribution in [0.4, 0.5) is 17.1 Å². The molecule has 0 saturated heterocycles. The summed E-state index contributed by atoms with van der Waals surface area (Å²) in [4.78, 5) is 14.2. The summed E-state index contributed by atoms with van der Waals surface area (Å²) in [5, 5.41) is 13.7. The molecule has 1 aromatic heterocycles. The van der Waals surface area contributed by atoms with E-state index < -0.39 is 4.92 Å². The second-order valence-corrected chi connectivity index (χ2v) is 4.07. The molecule has 0 spiro atoms. The van der Waals surface area contributed by atoms with E-state index in [4.69, 9.17) is 5.73 Å². The van der Waals surface area contributed by atoms with E-state index in [1.165, 1.54) is 12.1 Å². The van der Waals surface area contributed by atoms with Gasteiger partial charge in [-0.25, -0.2) is 0 Å². The molecule has 0 aliphatic rings. The second kappa shape index (κ2) is 5.81. The summed E-state index contributed by atoms with van der Waals surface area (Å²) in [5.41, 5.74) is 7.95. The van der Waals surface area contributed by atoms with Gasteiger partial charge in [0.25, 0.3) is 5.69 Å². The number of nitrogens with zero attached hydrogens (tertiary/aromatic N) is 2. The van der Waals surface area contributed by atoms with Crippen molar-refractivity contribution in [2.45, 2.75) is 6.42 Å². The number of nitro groups is 1. The van der Waals surface area contributed by atoms with Crippen LogP contribution in [0.15, 0.2) is 42.7 Å². The largest absolute Gasteiger partial charge is 0.397 e. The van der Waals surface area contributed by atoms with Crippen molar-refractivity contribution in [1.82, 2.24) is 4.98 Å². The van der Waals surface area contributed by atoms with Crippen molar-refractivity contribution < 1.29 is 4.92 Å². The molecule has 0 amide bonds. The van der Waals surface area contributed by atoms with Crippen molar-refractivity contribution in [3.8, 4) is 0 Å². The highest BCUT2D eigenvalue weighted by molar-refractivity contribution is 5.69. The van der Waals surface area contributed by atoms with Crippen LogP contribution < -0.4 is 11.1 Å². The number of rotatable bonds is 5. The summed E-state index contributed by atoms with van der Waals surface area (Å²) >= 11 is 0. The summed E-state index contributed by atoms with van der Waals surface area (Å²) in [5.74, 6) is 0. The predicted molar refractivity (Wildman–Crippen MR) is 73.9 cm³/mol. The first-order chi connectivity index (χ1) is 9.16. The van der Waals surface area contributed by atoms with Crippen LogP contribution in [0.3, 0.4) is 0 Å². The quantitative estimate of drug-likeness (QED) is 0.487. The van der Waals surface area contributed by atoms with Gasteiger partial charge in [-0.05, 0) is 24.1 Å². The Morgan fingerprint density at radius 2 is 2.21 bits per heavy atom. The number of hydrogen-bond donors (Lipinski definition) is 2. The van der Waals surface area contributed by atoms with Crippen molar-refractivity contribution in [2.24, 2.45) is 0 Å². The van der Waals surface area contributed by atoms with Crippen LogP contribution in [-0.2, 0) is 6.42 Å². The number of nitro benzene ring substituents is 1. The van der Waals surface area contributed by atoms with E-state index >= 15 is 0 Å². The SMILES string of the molecule is Nc1cc([N+](=O)[O-])ccc1NCCc1cccnc1. The van der Waals surface area contributed by atoms with E-state index in [9.17, 15) is 10.1 Å². The zero-order valence-corrected chi connectivity index (χ0v) is 10.2. The molecule has 0 fully saturated rings. The van der Waals surface area contributed by atoms with Gasteiger partial charge in [0.1, 0.15) is 0 Å². The maximum Gasteiger partial charge on any atom is 0.271 e. The molecule has 0 aliphatic heterocycles. The molecule has 98 valence electrons. The number of anilines is 2. The van der Waals surface area contributed by atoms with E-state index in [1.54, 1.807) is 18.5 Å². The number of aromatic nitrogens is 1. The average molecular weight is 258 g/mol. The number of benzene rings is 1. The van der Waals surface area contributed by atoms with Crippen molar-refractivity contribution in [3.63, 3.8) is 0 Å². The third kappa shape index (κ3) is 3.41. The van der Waals surface area contributed by atoms with Gasteiger partial charge in [0.2, 0.25) is 0 Å². The summed E-state index contributed by atoms with van der Waals surface area (Å²) in [6.07, 6.45) is 4.34. The second-order valence-electron chi connectivity index (χ2n) is 4.07. The minimum absolute atomic E-state index is 0.00434. The first-order valence-electron chi connectivity index (χ1n) is 5.83. The molecule has 1 aromatic carbocycles. The van der Waals surface area contributed by atoms with Gasteiger partial charge < -0.3 is 11.1 Å². The van der Waals surface area contributed by atoms with Crippen LogP contribution >= 0.6 is 0 Å². The van der Waals surface area contributed by atoms with E-state index in [0.717, 1.165) is 12.0 Å². The lowest BCUT2D eigenvalue weighted by molar-refractivity contribution is -0.384. The zero-order chi connectivity index (χ0) is 13.7. The number of nitrogen functional groups attached to an aromatic ring is 1. The molecule has 6 heteroatoms. The predicted octanol–water partition coefficient (Wildman–Crippen LogP) is 2.23. The van der Waals surface area contributed by atoms with Crippen molar-refractivity contribution >= 4 is 17.1 Å². The van der Waals surface area contributed by atoms with Gasteiger partial charge >= 0.3 is 0 Å². The molecule has 19 heavy (non-hydrogen) atoms. The third-order valence-corrected chi connectivity index (χ3v) is 2.70. The molecule has 6 nitrogen and oxygen atoms in total. The van der Waals surface area contributed by atoms with Crippen molar-refractivity contribution in [2.75, 3.05) is 17.6 Å².